The van der Waals surface area contributed by atoms with Crippen LogP contribution < -0.4 is 20.4 Å². The van der Waals surface area contributed by atoms with Gasteiger partial charge in [-0.25, -0.2) is 19.9 Å². The molecule has 2 aliphatic heterocycles. The summed E-state index contributed by atoms with van der Waals surface area (Å²) in [5.74, 6) is 0.0229. The minimum absolute atomic E-state index is 0. The highest BCUT2D eigenvalue weighted by Gasteiger charge is 2.55. The molecular weight excluding hydrogens is 907 g/mol. The zero-order chi connectivity index (χ0) is 46.6. The standard InChI is InChI=1S/C24H31F3N6O3Si.C18H17F3N6O2.CH4/c1-37(2,3)11-10-35-15-32-9-4-16-20(32)29-14-30-21(16)33-12-17-18(22(34)28-8-7-24(25,26)27)36-31-19(17)23(13-33)5-6-23;19-18(20,21)4-6-23-16(28)12-11-7-27(8-17(2-3-17)13(11)26-29-12)15-10-1-5-22-14(10)24-9-25-15;/h4,9,14H,5-8,10-13,15H2,1-3H3,(H,28,34);1,5,9H,2-4,6-8H2,(H,23,28)(H,22,24,25);1H4. The van der Waals surface area contributed by atoms with E-state index in [1.165, 1.54) is 12.7 Å². The SMILES string of the molecule is C.C[Si](C)(C)CCOCn1ccc2c(N3Cc4c(noc4C(=O)NCCC(F)(F)F)C4(CC4)C3)ncnc21.O=C(NCCC(F)(F)F)c1onc2c1CN(c1ncnc3[nH]ccc13)CC21CC1. The van der Waals surface area contributed by atoms with Crippen molar-refractivity contribution in [3.8, 4) is 0 Å². The molecule has 2 amide bonds. The first-order valence-electron chi connectivity index (χ1n) is 21.7. The molecule has 2 fully saturated rings. The average Bonchev–Trinajstić information content (AvgIpc) is 3.82. The lowest BCUT2D eigenvalue weighted by Gasteiger charge is -2.33. The minimum atomic E-state index is -4.35. The van der Waals surface area contributed by atoms with Crippen molar-refractivity contribution in [3.63, 3.8) is 0 Å². The number of nitrogens with zero attached hydrogens (tertiary/aromatic N) is 9. The third-order valence-corrected chi connectivity index (χ3v) is 14.2. The highest BCUT2D eigenvalue weighted by Crippen LogP contribution is 2.54. The number of rotatable bonds is 13. The summed E-state index contributed by atoms with van der Waals surface area (Å²) in [6.07, 6.45) is -0.612. The van der Waals surface area contributed by atoms with E-state index in [4.69, 9.17) is 13.8 Å². The number of fused-ring (bicyclic) bond motifs is 6. The lowest BCUT2D eigenvalue weighted by Crippen LogP contribution is -2.39. The van der Waals surface area contributed by atoms with Crippen molar-refractivity contribution in [1.82, 2.24) is 50.4 Å². The normalized spacial score (nSPS) is 16.9. The zero-order valence-corrected chi connectivity index (χ0v) is 37.4. The van der Waals surface area contributed by atoms with E-state index in [1.807, 2.05) is 22.9 Å². The van der Waals surface area contributed by atoms with Crippen molar-refractivity contribution in [2.45, 2.75) is 115 Å². The summed E-state index contributed by atoms with van der Waals surface area (Å²) in [7, 11) is -1.18. The fourth-order valence-corrected chi connectivity index (χ4v) is 9.42. The molecule has 3 N–H and O–H groups in total. The molecule has 0 aromatic carbocycles. The van der Waals surface area contributed by atoms with E-state index in [2.05, 4.69) is 75.3 Å². The van der Waals surface area contributed by atoms with Crippen molar-refractivity contribution in [1.29, 1.82) is 0 Å². The lowest BCUT2D eigenvalue weighted by molar-refractivity contribution is -0.134. The Morgan fingerprint density at radius 2 is 1.30 bits per heavy atom. The predicted molar refractivity (Wildman–Crippen MR) is 235 cm³/mol. The van der Waals surface area contributed by atoms with Gasteiger partial charge in [0, 0.05) is 75.2 Å². The lowest BCUT2D eigenvalue weighted by atomic mass is 9.92. The Bertz CT molecular complexity index is 2750. The Morgan fingerprint density at radius 1 is 0.776 bits per heavy atom. The van der Waals surface area contributed by atoms with E-state index in [0.29, 0.717) is 56.3 Å². The second kappa shape index (κ2) is 17.9. The number of aromatic amines is 1. The molecule has 2 spiro atoms. The summed E-state index contributed by atoms with van der Waals surface area (Å²) < 4.78 is 93.2. The molecule has 67 heavy (non-hydrogen) atoms. The minimum Gasteiger partial charge on any atom is -0.361 e. The second-order valence-electron chi connectivity index (χ2n) is 18.7. The number of carbonyl (C=O) groups is 2. The molecule has 2 saturated carbocycles. The smallest absolute Gasteiger partial charge is 0.361 e. The van der Waals surface area contributed by atoms with Gasteiger partial charge in [-0.2, -0.15) is 26.3 Å². The van der Waals surface area contributed by atoms with Crippen LogP contribution in [0.5, 0.6) is 0 Å². The van der Waals surface area contributed by atoms with Crippen molar-refractivity contribution in [2.24, 2.45) is 0 Å². The number of anilines is 2. The first kappa shape index (κ1) is 47.4. The fourth-order valence-electron chi connectivity index (χ4n) is 8.66. The summed E-state index contributed by atoms with van der Waals surface area (Å²) in [6.45, 7) is 8.98. The van der Waals surface area contributed by atoms with Gasteiger partial charge in [-0.05, 0) is 43.9 Å². The van der Waals surface area contributed by atoms with Crippen LogP contribution in [0.25, 0.3) is 22.1 Å². The van der Waals surface area contributed by atoms with E-state index < -0.39 is 58.2 Å². The quantitative estimate of drug-likeness (QED) is 0.0577. The van der Waals surface area contributed by atoms with Gasteiger partial charge in [-0.1, -0.05) is 37.4 Å². The third kappa shape index (κ3) is 10.1. The summed E-state index contributed by atoms with van der Waals surface area (Å²) in [5, 5.41) is 14.6. The first-order valence-corrected chi connectivity index (χ1v) is 25.4. The van der Waals surface area contributed by atoms with Crippen LogP contribution in [0.3, 0.4) is 0 Å². The average molecular weight is 959 g/mol. The molecule has 4 aliphatic rings. The van der Waals surface area contributed by atoms with Crippen molar-refractivity contribution >= 4 is 53.6 Å². The summed E-state index contributed by atoms with van der Waals surface area (Å²) in [6, 6.07) is 4.92. The Labute approximate surface area is 381 Å². The van der Waals surface area contributed by atoms with E-state index in [1.54, 1.807) is 6.20 Å². The summed E-state index contributed by atoms with van der Waals surface area (Å²) in [4.78, 5) is 50.0. The van der Waals surface area contributed by atoms with Crippen LogP contribution in [0, 0.1) is 0 Å². The molecular formula is C43H52F6N12O5Si. The Morgan fingerprint density at radius 3 is 1.81 bits per heavy atom. The number of halogens is 6. The van der Waals surface area contributed by atoms with Gasteiger partial charge in [0.15, 0.2) is 0 Å². The van der Waals surface area contributed by atoms with Crippen molar-refractivity contribution in [3.05, 3.63) is 71.2 Å². The maximum absolute atomic E-state index is 12.7. The number of aromatic nitrogens is 8. The number of amides is 2. The molecule has 2 aliphatic carbocycles. The van der Waals surface area contributed by atoms with Crippen LogP contribution in [0.2, 0.25) is 25.7 Å². The molecule has 6 aromatic heterocycles. The summed E-state index contributed by atoms with van der Waals surface area (Å²) >= 11 is 0. The molecule has 0 unspecified atom stereocenters. The monoisotopic (exact) mass is 958 g/mol. The number of ether oxygens (including phenoxy) is 1. The zero-order valence-electron chi connectivity index (χ0n) is 36.4. The molecule has 360 valence electrons. The van der Waals surface area contributed by atoms with Gasteiger partial charge in [-0.15, -0.1) is 0 Å². The summed E-state index contributed by atoms with van der Waals surface area (Å²) in [5.41, 5.74) is 3.67. The second-order valence-corrected chi connectivity index (χ2v) is 24.3. The topological polar surface area (TPSA) is 198 Å². The van der Waals surface area contributed by atoms with E-state index in [9.17, 15) is 35.9 Å². The predicted octanol–water partition coefficient (Wildman–Crippen LogP) is 7.78. The van der Waals surface area contributed by atoms with Gasteiger partial charge in [0.25, 0.3) is 11.8 Å². The number of hydrogen-bond acceptors (Lipinski definition) is 13. The molecule has 0 saturated heterocycles. The number of carbonyl (C=O) groups excluding carboxylic acids is 2. The number of hydrogen-bond donors (Lipinski definition) is 3. The van der Waals surface area contributed by atoms with Gasteiger partial charge >= 0.3 is 12.4 Å². The van der Waals surface area contributed by atoms with Crippen LogP contribution in [0.4, 0.5) is 38.0 Å². The Balaban J connectivity index is 0.000000184. The van der Waals surface area contributed by atoms with Crippen LogP contribution in [-0.4, -0.2) is 105 Å². The van der Waals surface area contributed by atoms with Crippen LogP contribution >= 0.6 is 0 Å². The van der Waals surface area contributed by atoms with Gasteiger partial charge < -0.3 is 43.8 Å². The van der Waals surface area contributed by atoms with E-state index in [0.717, 1.165) is 71.2 Å². The molecule has 8 heterocycles. The molecule has 6 aromatic rings. The fraction of sp³-hybridized carbons (Fsp3) is 0.535. The number of H-pyrrole nitrogens is 1. The van der Waals surface area contributed by atoms with Crippen LogP contribution in [0.1, 0.15) is 89.6 Å². The Hall–Kier alpha value is -6.04. The molecule has 10 rings (SSSR count). The molecule has 0 bridgehead atoms. The van der Waals surface area contributed by atoms with Gasteiger partial charge in [0.05, 0.1) is 48.1 Å². The van der Waals surface area contributed by atoms with E-state index >= 15 is 0 Å². The maximum atomic E-state index is 12.7. The van der Waals surface area contributed by atoms with Gasteiger partial charge in [-0.3, -0.25) is 9.59 Å². The number of alkyl halides is 6. The number of nitrogens with one attached hydrogen (secondary N) is 3. The van der Waals surface area contributed by atoms with Gasteiger partial charge in [0.1, 0.15) is 42.3 Å². The maximum Gasteiger partial charge on any atom is 0.390 e. The molecule has 24 heteroatoms. The highest BCUT2D eigenvalue weighted by atomic mass is 28.3. The first-order chi connectivity index (χ1) is 31.3. The molecule has 17 nitrogen and oxygen atoms in total. The van der Waals surface area contributed by atoms with Crippen molar-refractivity contribution in [2.75, 3.05) is 42.6 Å². The van der Waals surface area contributed by atoms with Gasteiger partial charge in [0.2, 0.25) is 11.5 Å². The highest BCUT2D eigenvalue weighted by molar-refractivity contribution is 6.76. The van der Waals surface area contributed by atoms with Crippen molar-refractivity contribution < 1.29 is 49.7 Å². The third-order valence-electron chi connectivity index (χ3n) is 12.5. The van der Waals surface area contributed by atoms with E-state index in [-0.39, 0.29) is 29.8 Å². The molecule has 0 atom stereocenters. The molecule has 0 radical (unpaired) electrons. The Kier molecular flexibility index (Phi) is 12.7. The van der Waals surface area contributed by atoms with Crippen LogP contribution in [-0.2, 0) is 35.4 Å². The van der Waals surface area contributed by atoms with Crippen LogP contribution in [0.15, 0.2) is 46.2 Å². The largest absolute Gasteiger partial charge is 0.390 e.